The van der Waals surface area contributed by atoms with Crippen LogP contribution in [-0.4, -0.2) is 11.4 Å². The maximum atomic E-state index is 10.0. The number of phenolic OH excluding ortho intramolecular Hbond substituents is 1. The number of aromatic hydroxyl groups is 1. The van der Waals surface area contributed by atoms with Gasteiger partial charge in [0, 0.05) is 4.90 Å². The first-order chi connectivity index (χ1) is 8.26. The van der Waals surface area contributed by atoms with Gasteiger partial charge in [-0.15, -0.1) is 11.8 Å². The van der Waals surface area contributed by atoms with Crippen LogP contribution in [0.5, 0.6) is 5.75 Å². The van der Waals surface area contributed by atoms with Crippen molar-refractivity contribution in [2.45, 2.75) is 18.2 Å². The molecule has 0 bridgehead atoms. The van der Waals surface area contributed by atoms with Crippen molar-refractivity contribution in [3.05, 3.63) is 48.0 Å². The lowest BCUT2D eigenvalue weighted by Crippen LogP contribution is -1.87. The molecule has 1 N–H and O–H groups in total. The normalized spacial score (nSPS) is 10.5. The van der Waals surface area contributed by atoms with Crippen molar-refractivity contribution in [3.8, 4) is 16.9 Å². The second-order valence-electron chi connectivity index (χ2n) is 3.91. The molecule has 0 saturated carbocycles. The zero-order valence-electron chi connectivity index (χ0n) is 10.1. The Morgan fingerprint density at radius 3 is 2.35 bits per heavy atom. The fourth-order valence-electron chi connectivity index (χ4n) is 1.89. The van der Waals surface area contributed by atoms with Crippen molar-refractivity contribution in [3.63, 3.8) is 0 Å². The molecule has 0 radical (unpaired) electrons. The average molecular weight is 244 g/mol. The first-order valence-corrected chi connectivity index (χ1v) is 6.94. The Balaban J connectivity index is 2.56. The summed E-state index contributed by atoms with van der Waals surface area (Å²) in [6.07, 6.45) is 2.84. The van der Waals surface area contributed by atoms with E-state index in [-0.39, 0.29) is 0 Å². The molecule has 0 spiro atoms. The highest BCUT2D eigenvalue weighted by Gasteiger charge is 2.09. The third-order valence-electron chi connectivity index (χ3n) is 2.86. The summed E-state index contributed by atoms with van der Waals surface area (Å²) >= 11 is 1.58. The van der Waals surface area contributed by atoms with Crippen LogP contribution in [0.1, 0.15) is 12.5 Å². The van der Waals surface area contributed by atoms with E-state index in [1.807, 2.05) is 24.5 Å². The van der Waals surface area contributed by atoms with Crippen LogP contribution in [0.3, 0.4) is 0 Å². The first-order valence-electron chi connectivity index (χ1n) is 5.71. The summed E-state index contributed by atoms with van der Waals surface area (Å²) in [6, 6.07) is 14.4. The molecule has 1 nitrogen and oxygen atoms in total. The van der Waals surface area contributed by atoms with Gasteiger partial charge in [0.15, 0.2) is 0 Å². The number of benzene rings is 2. The molecule has 0 saturated heterocycles. The van der Waals surface area contributed by atoms with Crippen molar-refractivity contribution >= 4 is 11.8 Å². The van der Waals surface area contributed by atoms with Crippen LogP contribution in [0.4, 0.5) is 0 Å². The Kier molecular flexibility index (Phi) is 3.75. The van der Waals surface area contributed by atoms with E-state index in [9.17, 15) is 5.11 Å². The third-order valence-corrected chi connectivity index (χ3v) is 3.61. The van der Waals surface area contributed by atoms with E-state index in [4.69, 9.17) is 0 Å². The second kappa shape index (κ2) is 5.28. The molecule has 0 aliphatic heterocycles. The zero-order valence-corrected chi connectivity index (χ0v) is 10.9. The van der Waals surface area contributed by atoms with Gasteiger partial charge in [0.05, 0.1) is 0 Å². The molecule has 0 fully saturated rings. The average Bonchev–Trinajstić information content (AvgIpc) is 2.40. The smallest absolute Gasteiger partial charge is 0.132 e. The van der Waals surface area contributed by atoms with Crippen LogP contribution in [-0.2, 0) is 6.42 Å². The van der Waals surface area contributed by atoms with E-state index in [1.165, 1.54) is 11.1 Å². The van der Waals surface area contributed by atoms with Crippen molar-refractivity contribution in [2.75, 3.05) is 6.26 Å². The van der Waals surface area contributed by atoms with Gasteiger partial charge >= 0.3 is 0 Å². The highest BCUT2D eigenvalue weighted by atomic mass is 32.2. The van der Waals surface area contributed by atoms with Gasteiger partial charge in [0.25, 0.3) is 0 Å². The minimum atomic E-state index is 0.430. The molecule has 17 heavy (non-hydrogen) atoms. The minimum absolute atomic E-state index is 0.430. The van der Waals surface area contributed by atoms with E-state index in [2.05, 4.69) is 31.2 Å². The minimum Gasteiger partial charge on any atom is -0.506 e. The molecule has 0 aromatic heterocycles. The van der Waals surface area contributed by atoms with Gasteiger partial charge in [-0.1, -0.05) is 37.3 Å². The Morgan fingerprint density at radius 2 is 1.76 bits per heavy atom. The Morgan fingerprint density at radius 1 is 1.06 bits per heavy atom. The third kappa shape index (κ3) is 2.47. The fourth-order valence-corrected chi connectivity index (χ4v) is 2.46. The van der Waals surface area contributed by atoms with Gasteiger partial charge in [-0.05, 0) is 41.5 Å². The van der Waals surface area contributed by atoms with E-state index in [0.717, 1.165) is 16.9 Å². The Hall–Kier alpha value is -1.41. The summed E-state index contributed by atoms with van der Waals surface area (Å²) in [6.45, 7) is 2.06. The summed E-state index contributed by atoms with van der Waals surface area (Å²) in [5.74, 6) is 0.430. The van der Waals surface area contributed by atoms with Crippen LogP contribution >= 0.6 is 11.8 Å². The quantitative estimate of drug-likeness (QED) is 0.810. The number of hydrogen-bond donors (Lipinski definition) is 1. The van der Waals surface area contributed by atoms with Crippen molar-refractivity contribution in [1.29, 1.82) is 0 Å². The van der Waals surface area contributed by atoms with E-state index in [1.54, 1.807) is 11.8 Å². The van der Waals surface area contributed by atoms with E-state index < -0.39 is 0 Å². The molecule has 2 aromatic carbocycles. The monoisotopic (exact) mass is 244 g/mol. The molecule has 0 heterocycles. The maximum absolute atomic E-state index is 10.0. The number of hydrogen-bond acceptors (Lipinski definition) is 2. The van der Waals surface area contributed by atoms with Gasteiger partial charge < -0.3 is 5.11 Å². The number of aryl methyl sites for hydroxylation is 1. The summed E-state index contributed by atoms with van der Waals surface area (Å²) in [5.41, 5.74) is 3.37. The van der Waals surface area contributed by atoms with Gasteiger partial charge in [-0.2, -0.15) is 0 Å². The first kappa shape index (κ1) is 12.1. The number of phenols is 1. The van der Waals surface area contributed by atoms with E-state index in [0.29, 0.717) is 5.75 Å². The van der Waals surface area contributed by atoms with Gasteiger partial charge in [-0.25, -0.2) is 0 Å². The molecule has 0 atom stereocenters. The summed E-state index contributed by atoms with van der Waals surface area (Å²) < 4.78 is 0. The van der Waals surface area contributed by atoms with Crippen LogP contribution in [0, 0.1) is 0 Å². The molecule has 0 aliphatic carbocycles. The Bertz CT molecular complexity index is 481. The highest BCUT2D eigenvalue weighted by molar-refractivity contribution is 7.98. The molecule has 0 amide bonds. The van der Waals surface area contributed by atoms with Crippen LogP contribution in [0.15, 0.2) is 47.4 Å². The summed E-state index contributed by atoms with van der Waals surface area (Å²) in [7, 11) is 0. The van der Waals surface area contributed by atoms with Gasteiger partial charge in [0.1, 0.15) is 5.75 Å². The standard InChI is InChI=1S/C15H16OS/c1-3-11-9-13(10-14(17-2)15(11)16)12-7-5-4-6-8-12/h4-10,16H,3H2,1-2H3. The topological polar surface area (TPSA) is 20.2 Å². The molecule has 2 heteroatoms. The fraction of sp³-hybridized carbons (Fsp3) is 0.200. The highest BCUT2D eigenvalue weighted by Crippen LogP contribution is 2.35. The van der Waals surface area contributed by atoms with E-state index >= 15 is 0 Å². The largest absolute Gasteiger partial charge is 0.506 e. The molecule has 2 aromatic rings. The zero-order chi connectivity index (χ0) is 12.3. The molecule has 88 valence electrons. The van der Waals surface area contributed by atoms with Crippen LogP contribution < -0.4 is 0 Å². The number of thioether (sulfide) groups is 1. The summed E-state index contributed by atoms with van der Waals surface area (Å²) in [5, 5.41) is 10.0. The Labute approximate surface area is 107 Å². The molecular formula is C15H16OS. The molecule has 2 rings (SSSR count). The van der Waals surface area contributed by atoms with Gasteiger partial charge in [-0.3, -0.25) is 0 Å². The van der Waals surface area contributed by atoms with Crippen LogP contribution in [0.2, 0.25) is 0 Å². The predicted molar refractivity (Wildman–Crippen MR) is 74.7 cm³/mol. The van der Waals surface area contributed by atoms with Crippen LogP contribution in [0.25, 0.3) is 11.1 Å². The van der Waals surface area contributed by atoms with Crippen molar-refractivity contribution in [2.24, 2.45) is 0 Å². The molecular weight excluding hydrogens is 228 g/mol. The lowest BCUT2D eigenvalue weighted by atomic mass is 10.0. The van der Waals surface area contributed by atoms with Crippen molar-refractivity contribution < 1.29 is 5.11 Å². The summed E-state index contributed by atoms with van der Waals surface area (Å²) in [4.78, 5) is 0.947. The van der Waals surface area contributed by atoms with Crippen molar-refractivity contribution in [1.82, 2.24) is 0 Å². The second-order valence-corrected chi connectivity index (χ2v) is 4.75. The lowest BCUT2D eigenvalue weighted by Gasteiger charge is -2.10. The predicted octanol–water partition coefficient (Wildman–Crippen LogP) is 4.34. The lowest BCUT2D eigenvalue weighted by molar-refractivity contribution is 0.456. The number of rotatable bonds is 3. The maximum Gasteiger partial charge on any atom is 0.132 e. The molecule has 0 unspecified atom stereocenters. The molecule has 0 aliphatic rings. The SMILES string of the molecule is CCc1cc(-c2ccccc2)cc(SC)c1O. The van der Waals surface area contributed by atoms with Gasteiger partial charge in [0.2, 0.25) is 0 Å².